The molecule has 0 aromatic carbocycles. The third-order valence-corrected chi connectivity index (χ3v) is 9.33. The summed E-state index contributed by atoms with van der Waals surface area (Å²) in [5, 5.41) is 11.9. The number of hydrogen-bond acceptors (Lipinski definition) is 3. The van der Waals surface area contributed by atoms with Crippen molar-refractivity contribution in [2.24, 2.45) is 29.6 Å². The van der Waals surface area contributed by atoms with Crippen molar-refractivity contribution in [3.8, 4) is 0 Å². The van der Waals surface area contributed by atoms with Gasteiger partial charge in [-0.2, -0.15) is 0 Å². The Morgan fingerprint density at radius 3 is 2.87 bits per heavy atom. The van der Waals surface area contributed by atoms with Crippen LogP contribution in [0.4, 0.5) is 0 Å². The summed E-state index contributed by atoms with van der Waals surface area (Å²) in [7, 11) is 0. The molecule has 0 aromatic heterocycles. The van der Waals surface area contributed by atoms with Crippen molar-refractivity contribution in [1.82, 2.24) is 4.90 Å². The maximum atomic E-state index is 13.1. The Morgan fingerprint density at radius 1 is 1.17 bits per heavy atom. The van der Waals surface area contributed by atoms with Gasteiger partial charge in [-0.3, -0.25) is 9.69 Å². The molecule has 7 aliphatic rings. The van der Waals surface area contributed by atoms with Gasteiger partial charge in [0.05, 0.1) is 11.1 Å². The number of carbonyl (C=O) groups is 1. The fourth-order valence-electron chi connectivity index (χ4n) is 9.04. The van der Waals surface area contributed by atoms with E-state index in [1.165, 1.54) is 38.5 Å². The van der Waals surface area contributed by atoms with Gasteiger partial charge < -0.3 is 5.11 Å². The van der Waals surface area contributed by atoms with Crippen LogP contribution in [0.25, 0.3) is 0 Å². The molecule has 3 saturated heterocycles. The van der Waals surface area contributed by atoms with Gasteiger partial charge >= 0.3 is 0 Å². The van der Waals surface area contributed by atoms with Crippen molar-refractivity contribution in [3.63, 3.8) is 0 Å². The van der Waals surface area contributed by atoms with Crippen LogP contribution in [0.5, 0.6) is 0 Å². The molecule has 2 unspecified atom stereocenters. The van der Waals surface area contributed by atoms with Crippen LogP contribution in [0.3, 0.4) is 0 Å². The van der Waals surface area contributed by atoms with E-state index in [9.17, 15) is 9.90 Å². The molecule has 3 heteroatoms. The van der Waals surface area contributed by atoms with E-state index in [0.717, 1.165) is 12.8 Å². The molecule has 6 bridgehead atoms. The summed E-state index contributed by atoms with van der Waals surface area (Å²) in [6.07, 6.45) is 10.3. The molecule has 7 rings (SSSR count). The van der Waals surface area contributed by atoms with Gasteiger partial charge in [0.25, 0.3) is 0 Å². The van der Waals surface area contributed by atoms with E-state index in [4.69, 9.17) is 0 Å². The van der Waals surface area contributed by atoms with Gasteiger partial charge in [0, 0.05) is 30.3 Å². The second-order valence-electron chi connectivity index (χ2n) is 9.78. The van der Waals surface area contributed by atoms with Crippen LogP contribution in [0, 0.1) is 29.6 Å². The molecule has 0 aromatic rings. The number of piperidine rings is 2. The lowest BCUT2D eigenvalue weighted by atomic mass is 9.55. The average molecular weight is 315 g/mol. The fraction of sp³-hybridized carbons (Fsp3) is 0.950. The summed E-state index contributed by atoms with van der Waals surface area (Å²) >= 11 is 0. The van der Waals surface area contributed by atoms with Crippen molar-refractivity contribution in [2.75, 3.05) is 0 Å². The molecule has 7 fully saturated rings. The minimum Gasteiger partial charge on any atom is -0.388 e. The lowest BCUT2D eigenvalue weighted by Crippen LogP contribution is -2.68. The number of hydrogen-bond donors (Lipinski definition) is 1. The Balaban J connectivity index is 1.56. The second-order valence-corrected chi connectivity index (χ2v) is 9.78. The molecule has 23 heavy (non-hydrogen) atoms. The number of nitrogens with zero attached hydrogens (tertiary/aromatic N) is 1. The molecule has 3 aliphatic heterocycles. The fourth-order valence-corrected chi connectivity index (χ4v) is 9.04. The smallest absolute Gasteiger partial charge is 0.138 e. The van der Waals surface area contributed by atoms with Crippen molar-refractivity contribution in [2.45, 2.75) is 87.9 Å². The summed E-state index contributed by atoms with van der Waals surface area (Å²) in [4.78, 5) is 15.9. The molecular formula is C20H29NO2. The van der Waals surface area contributed by atoms with Crippen LogP contribution < -0.4 is 0 Å². The van der Waals surface area contributed by atoms with E-state index in [1.807, 2.05) is 0 Å². The zero-order valence-corrected chi connectivity index (χ0v) is 14.2. The van der Waals surface area contributed by atoms with Gasteiger partial charge in [0.15, 0.2) is 0 Å². The van der Waals surface area contributed by atoms with Crippen LogP contribution in [0.2, 0.25) is 0 Å². The van der Waals surface area contributed by atoms with Gasteiger partial charge in [-0.15, -0.1) is 0 Å². The summed E-state index contributed by atoms with van der Waals surface area (Å²) in [5.41, 5.74) is -0.717. The number of rotatable bonds is 0. The zero-order valence-electron chi connectivity index (χ0n) is 14.2. The lowest BCUT2D eigenvalue weighted by Gasteiger charge is -2.59. The first-order valence-electron chi connectivity index (χ1n) is 10.1. The highest BCUT2D eigenvalue weighted by Crippen LogP contribution is 2.74. The van der Waals surface area contributed by atoms with Crippen molar-refractivity contribution in [3.05, 3.63) is 0 Å². The van der Waals surface area contributed by atoms with Gasteiger partial charge in [-0.1, -0.05) is 12.8 Å². The number of fused-ring (bicyclic) bond motifs is 1. The summed E-state index contributed by atoms with van der Waals surface area (Å²) in [5.74, 6) is 3.17. The maximum absolute atomic E-state index is 13.1. The average Bonchev–Trinajstić information content (AvgIpc) is 2.75. The van der Waals surface area contributed by atoms with E-state index in [-0.39, 0.29) is 5.54 Å². The lowest BCUT2D eigenvalue weighted by molar-refractivity contribution is -0.160. The number of Topliss-reactive ketones (excluding diaryl/α,β-unsaturated/α-hetero) is 1. The van der Waals surface area contributed by atoms with Crippen LogP contribution in [0.1, 0.15) is 64.7 Å². The Bertz CT molecular complexity index is 590. The highest BCUT2D eigenvalue weighted by molar-refractivity contribution is 5.84. The van der Waals surface area contributed by atoms with Crippen molar-refractivity contribution in [1.29, 1.82) is 0 Å². The molecule has 1 N–H and O–H groups in total. The van der Waals surface area contributed by atoms with E-state index >= 15 is 0 Å². The molecule has 4 saturated carbocycles. The molecule has 4 aliphatic carbocycles. The number of ketones is 1. The van der Waals surface area contributed by atoms with Crippen LogP contribution >= 0.6 is 0 Å². The third kappa shape index (κ3) is 1.28. The van der Waals surface area contributed by atoms with Crippen LogP contribution in [0.15, 0.2) is 0 Å². The molecule has 3 nitrogen and oxygen atoms in total. The molecule has 1 spiro atoms. The molecule has 126 valence electrons. The predicted molar refractivity (Wildman–Crippen MR) is 86.8 cm³/mol. The first kappa shape index (κ1) is 13.8. The molecular weight excluding hydrogens is 286 g/mol. The number of carbonyl (C=O) groups excluding carboxylic acids is 1. The highest BCUT2D eigenvalue weighted by Gasteiger charge is 2.82. The maximum Gasteiger partial charge on any atom is 0.138 e. The highest BCUT2D eigenvalue weighted by atomic mass is 16.3. The third-order valence-electron chi connectivity index (χ3n) is 9.33. The normalized spacial score (nSPS) is 65.6. The van der Waals surface area contributed by atoms with Crippen molar-refractivity contribution >= 4 is 5.78 Å². The molecule has 0 amide bonds. The van der Waals surface area contributed by atoms with Crippen molar-refractivity contribution < 1.29 is 9.90 Å². The Hall–Kier alpha value is -0.410. The van der Waals surface area contributed by atoms with Gasteiger partial charge in [0.2, 0.25) is 0 Å². The summed E-state index contributed by atoms with van der Waals surface area (Å²) < 4.78 is 0. The predicted octanol–water partition coefficient (Wildman–Crippen LogP) is 2.76. The standard InChI is InChI=1S/C20H29NO2/c1-11-6-7-15-16-8-12-9-20(15,23)19(21(11)16)10-17(22)13-4-2-3-5-14(13)18(12)19/h11-16,18,23H,2-10H2,1H3/t11-,12-,13+,14+,15?,16-,18-,19-,20+/m0/s1. The number of aliphatic hydroxyl groups is 1. The van der Waals surface area contributed by atoms with E-state index in [0.29, 0.717) is 53.9 Å². The van der Waals surface area contributed by atoms with E-state index in [1.54, 1.807) is 0 Å². The minimum absolute atomic E-state index is 0.170. The quantitative estimate of drug-likeness (QED) is 0.747. The topological polar surface area (TPSA) is 40.5 Å². The Kier molecular flexibility index (Phi) is 2.43. The van der Waals surface area contributed by atoms with Gasteiger partial charge in [0.1, 0.15) is 5.78 Å². The SMILES string of the molecule is C[C@H]1CCC2[C@@H]3C[C@H]4C[C@]2(O)[C@@]2(CC(=O)[C@@H]5CCCC[C@H]5[C@H]42)N13. The first-order valence-corrected chi connectivity index (χ1v) is 10.1. The van der Waals surface area contributed by atoms with Crippen LogP contribution in [-0.2, 0) is 4.79 Å². The van der Waals surface area contributed by atoms with E-state index in [2.05, 4.69) is 11.8 Å². The largest absolute Gasteiger partial charge is 0.388 e. The van der Waals surface area contributed by atoms with E-state index < -0.39 is 5.60 Å². The van der Waals surface area contributed by atoms with Gasteiger partial charge in [-0.25, -0.2) is 0 Å². The molecule has 3 heterocycles. The minimum atomic E-state index is -0.548. The second kappa shape index (κ2) is 4.04. The van der Waals surface area contributed by atoms with Crippen LogP contribution in [-0.4, -0.2) is 39.0 Å². The van der Waals surface area contributed by atoms with Gasteiger partial charge in [-0.05, 0) is 63.2 Å². The summed E-state index contributed by atoms with van der Waals surface area (Å²) in [6.45, 7) is 2.36. The molecule has 0 radical (unpaired) electrons. The first-order chi connectivity index (χ1) is 11.1. The summed E-state index contributed by atoms with van der Waals surface area (Å²) in [6, 6.07) is 1.13. The molecule has 10 atom stereocenters. The Morgan fingerprint density at radius 2 is 2.00 bits per heavy atom. The Labute approximate surface area is 138 Å². The monoisotopic (exact) mass is 315 g/mol. The zero-order chi connectivity index (χ0) is 15.6.